The lowest BCUT2D eigenvalue weighted by Crippen LogP contribution is -2.73. The van der Waals surface area contributed by atoms with Crippen molar-refractivity contribution in [1.82, 2.24) is 10.2 Å². The molecule has 1 N–H and O–H groups in total. The molecule has 11 heteroatoms. The molecule has 2 fully saturated rings. The molecule has 3 rings (SSSR count). The van der Waals surface area contributed by atoms with Crippen molar-refractivity contribution in [1.29, 1.82) is 0 Å². The molecule has 0 aliphatic carbocycles. The van der Waals surface area contributed by atoms with E-state index in [1.807, 2.05) is 6.07 Å². The van der Waals surface area contributed by atoms with Crippen molar-refractivity contribution in [3.8, 4) is 0 Å². The van der Waals surface area contributed by atoms with Crippen molar-refractivity contribution in [2.24, 2.45) is 0 Å². The van der Waals surface area contributed by atoms with Crippen molar-refractivity contribution in [3.63, 3.8) is 0 Å². The summed E-state index contributed by atoms with van der Waals surface area (Å²) in [5.74, 6) is -3.11. The quantitative estimate of drug-likeness (QED) is 0.313. The number of carbonyl (C=O) groups is 4. The molecule has 1 aromatic carbocycles. The summed E-state index contributed by atoms with van der Waals surface area (Å²) >= 11 is 0. The first-order valence-corrected chi connectivity index (χ1v) is 8.33. The van der Waals surface area contributed by atoms with Crippen LogP contribution in [0.5, 0.6) is 0 Å². The Labute approximate surface area is 159 Å². The van der Waals surface area contributed by atoms with Crippen LogP contribution in [-0.4, -0.2) is 61.1 Å². The Bertz CT molecular complexity index is 748. The maximum atomic E-state index is 12.3. The maximum Gasteiger partial charge on any atom is 0.408 e. The summed E-state index contributed by atoms with van der Waals surface area (Å²) < 4.78 is 14.6. The molecular formula is C17H18N2O9. The third-order valence-electron chi connectivity index (χ3n) is 4.20. The molecule has 0 spiro atoms. The normalized spacial score (nSPS) is 23.7. The van der Waals surface area contributed by atoms with Crippen LogP contribution in [0.2, 0.25) is 0 Å². The van der Waals surface area contributed by atoms with Gasteiger partial charge in [-0.3, -0.25) is 14.5 Å². The summed E-state index contributed by atoms with van der Waals surface area (Å²) in [6, 6.07) is 6.97. The van der Waals surface area contributed by atoms with Gasteiger partial charge < -0.3 is 19.5 Å². The Morgan fingerprint density at radius 2 is 2.00 bits per heavy atom. The molecule has 0 radical (unpaired) electrons. The molecule has 2 heterocycles. The van der Waals surface area contributed by atoms with Crippen molar-refractivity contribution < 1.29 is 43.2 Å². The monoisotopic (exact) mass is 394 g/mol. The molecule has 150 valence electrons. The van der Waals surface area contributed by atoms with Crippen LogP contribution < -0.4 is 5.32 Å². The first-order chi connectivity index (χ1) is 13.5. The topological polar surface area (TPSA) is 130 Å². The van der Waals surface area contributed by atoms with Gasteiger partial charge in [0.05, 0.1) is 13.2 Å². The van der Waals surface area contributed by atoms with Gasteiger partial charge in [-0.2, -0.15) is 0 Å². The Balaban J connectivity index is 1.62. The van der Waals surface area contributed by atoms with Crippen LogP contribution in [0, 0.1) is 0 Å². The summed E-state index contributed by atoms with van der Waals surface area (Å²) in [7, 11) is 1.02. The molecule has 11 nitrogen and oxygen atoms in total. The maximum absolute atomic E-state index is 12.3. The number of ether oxygens (including phenoxy) is 3. The van der Waals surface area contributed by atoms with E-state index in [2.05, 4.69) is 14.9 Å². The van der Waals surface area contributed by atoms with E-state index < -0.39 is 42.3 Å². The average molecular weight is 394 g/mol. The Kier molecular flexibility index (Phi) is 6.19. The number of esters is 1. The van der Waals surface area contributed by atoms with Crippen LogP contribution in [0.4, 0.5) is 4.79 Å². The molecule has 2 aliphatic rings. The third-order valence-corrected chi connectivity index (χ3v) is 4.20. The number of rotatable bonds is 5. The Morgan fingerprint density at radius 3 is 2.64 bits per heavy atom. The van der Waals surface area contributed by atoms with E-state index in [9.17, 15) is 19.2 Å². The number of carbonyl (C=O) groups excluding carboxylic acids is 4. The number of imide groups is 1. The third kappa shape index (κ3) is 4.27. The second-order valence-corrected chi connectivity index (χ2v) is 5.92. The number of hydrogen-bond donors (Lipinski definition) is 1. The van der Waals surface area contributed by atoms with E-state index in [0.717, 1.165) is 12.7 Å². The molecule has 2 saturated heterocycles. The largest absolute Gasteiger partial charge is 0.462 e. The minimum Gasteiger partial charge on any atom is -0.462 e. The number of nitrogens with one attached hydrogen (secondary N) is 1. The summed E-state index contributed by atoms with van der Waals surface area (Å²) in [5.41, 5.74) is 0.765. The molecule has 0 bridgehead atoms. The van der Waals surface area contributed by atoms with Crippen molar-refractivity contribution >= 4 is 23.9 Å². The van der Waals surface area contributed by atoms with Crippen LogP contribution >= 0.6 is 0 Å². The first-order valence-electron chi connectivity index (χ1n) is 8.33. The van der Waals surface area contributed by atoms with Gasteiger partial charge in [0.15, 0.2) is 13.1 Å². The lowest BCUT2D eigenvalue weighted by Gasteiger charge is -2.45. The van der Waals surface area contributed by atoms with Gasteiger partial charge in [-0.15, -0.1) is 0 Å². The predicted molar refractivity (Wildman–Crippen MR) is 87.7 cm³/mol. The number of alkyl carbamates (subject to hydrolysis) is 1. The second-order valence-electron chi connectivity index (χ2n) is 5.92. The number of hydrogen-bond acceptors (Lipinski definition) is 9. The molecule has 0 saturated carbocycles. The molecule has 2 aliphatic heterocycles. The zero-order valence-corrected chi connectivity index (χ0v) is 14.9. The van der Waals surface area contributed by atoms with E-state index in [1.54, 1.807) is 24.3 Å². The summed E-state index contributed by atoms with van der Waals surface area (Å²) in [4.78, 5) is 58.1. The van der Waals surface area contributed by atoms with Crippen LogP contribution in [0.15, 0.2) is 30.3 Å². The fourth-order valence-electron chi connectivity index (χ4n) is 2.81. The number of nitrogens with zero attached hydrogens (tertiary/aromatic N) is 1. The van der Waals surface area contributed by atoms with Gasteiger partial charge >= 0.3 is 18.0 Å². The van der Waals surface area contributed by atoms with Gasteiger partial charge in [-0.05, 0) is 5.56 Å². The van der Waals surface area contributed by atoms with Gasteiger partial charge in [0.25, 0.3) is 5.91 Å². The lowest BCUT2D eigenvalue weighted by molar-refractivity contribution is -0.280. The van der Waals surface area contributed by atoms with Crippen LogP contribution in [0.1, 0.15) is 12.0 Å². The molecule has 3 amide bonds. The molecule has 3 atom stereocenters. The Morgan fingerprint density at radius 1 is 1.25 bits per heavy atom. The number of amides is 3. The number of β-lactam (4-membered cyclic amide) rings is 1. The van der Waals surface area contributed by atoms with Gasteiger partial charge in [-0.25, -0.2) is 19.4 Å². The number of benzene rings is 1. The lowest BCUT2D eigenvalue weighted by atomic mass is 9.91. The highest BCUT2D eigenvalue weighted by atomic mass is 17.3. The fraction of sp³-hybridized carbons (Fsp3) is 0.412. The van der Waals surface area contributed by atoms with E-state index in [1.165, 1.54) is 0 Å². The first kappa shape index (κ1) is 19.7. The standard InChI is InChI=1S/C17H18N2O9/c1-24-16(22)15(21)19-11(7-12-26-9-27-28-12)13(14(19)20)18-17(23)25-8-10-5-3-2-4-6-10/h2-6,11-13H,7-9H2,1H3,(H,18,23)/t11-,12?,13-/m1/s1. The molecule has 1 unspecified atom stereocenters. The highest BCUT2D eigenvalue weighted by molar-refractivity contribution is 6.36. The molecule has 1 aromatic rings. The van der Waals surface area contributed by atoms with Crippen LogP contribution in [0.25, 0.3) is 0 Å². The fourth-order valence-corrected chi connectivity index (χ4v) is 2.81. The van der Waals surface area contributed by atoms with Crippen LogP contribution in [-0.2, 0) is 45.0 Å². The minimum absolute atomic E-state index is 0.00570. The highest BCUT2D eigenvalue weighted by Gasteiger charge is 2.54. The smallest absolute Gasteiger partial charge is 0.408 e. The Hall–Kier alpha value is -3.02. The zero-order valence-electron chi connectivity index (χ0n) is 14.9. The highest BCUT2D eigenvalue weighted by Crippen LogP contribution is 2.27. The molecular weight excluding hydrogens is 376 g/mol. The molecule has 0 aromatic heterocycles. The van der Waals surface area contributed by atoms with E-state index in [0.29, 0.717) is 4.90 Å². The van der Waals surface area contributed by atoms with Crippen LogP contribution in [0.3, 0.4) is 0 Å². The zero-order chi connectivity index (χ0) is 20.1. The van der Waals surface area contributed by atoms with E-state index in [-0.39, 0.29) is 19.8 Å². The van der Waals surface area contributed by atoms with Crippen molar-refractivity contribution in [2.75, 3.05) is 13.9 Å². The predicted octanol–water partition coefficient (Wildman–Crippen LogP) is -0.156. The summed E-state index contributed by atoms with van der Waals surface area (Å²) in [6.45, 7) is -0.112. The number of methoxy groups -OCH3 is 1. The van der Waals surface area contributed by atoms with Gasteiger partial charge in [0.2, 0.25) is 0 Å². The minimum atomic E-state index is -1.20. The summed E-state index contributed by atoms with van der Waals surface area (Å²) in [5, 5.41) is 2.39. The van der Waals surface area contributed by atoms with Crippen molar-refractivity contribution in [2.45, 2.75) is 31.4 Å². The number of likely N-dealkylation sites (tertiary alicyclic amines) is 1. The van der Waals surface area contributed by atoms with E-state index in [4.69, 9.17) is 14.4 Å². The van der Waals surface area contributed by atoms with Gasteiger partial charge in [0.1, 0.15) is 12.6 Å². The van der Waals surface area contributed by atoms with Crippen molar-refractivity contribution in [3.05, 3.63) is 35.9 Å². The molecule has 28 heavy (non-hydrogen) atoms. The SMILES string of the molecule is COC(=O)C(=O)N1C(=O)[C@H](NC(=O)OCc2ccccc2)[C@H]1CC1OCOO1. The average Bonchev–Trinajstić information content (AvgIpc) is 3.23. The van der Waals surface area contributed by atoms with Gasteiger partial charge in [0, 0.05) is 6.42 Å². The second kappa shape index (κ2) is 8.78. The van der Waals surface area contributed by atoms with E-state index >= 15 is 0 Å². The van der Waals surface area contributed by atoms with Gasteiger partial charge in [-0.1, -0.05) is 30.3 Å². The summed E-state index contributed by atoms with van der Waals surface area (Å²) in [6.07, 6.45) is -1.73.